The number of carboxylic acid groups (broad SMARTS) is 1. The molecule has 6 heteroatoms. The Morgan fingerprint density at radius 1 is 1.41 bits per heavy atom. The molecule has 0 aromatic heterocycles. The summed E-state index contributed by atoms with van der Waals surface area (Å²) in [7, 11) is 3.20. The first-order chi connectivity index (χ1) is 7.93. The lowest BCUT2D eigenvalue weighted by atomic mass is 10.2. The van der Waals surface area contributed by atoms with Gasteiger partial charge in [0.2, 0.25) is 0 Å². The van der Waals surface area contributed by atoms with Crippen LogP contribution in [0.3, 0.4) is 0 Å². The normalized spacial score (nSPS) is 12.0. The molecule has 0 aromatic carbocycles. The van der Waals surface area contributed by atoms with Crippen molar-refractivity contribution in [1.29, 1.82) is 0 Å². The zero-order valence-electron chi connectivity index (χ0n) is 11.0. The minimum atomic E-state index is -1.00. The molecule has 0 aliphatic heterocycles. The first kappa shape index (κ1) is 15.7. The molecule has 0 spiro atoms. The van der Waals surface area contributed by atoms with Crippen LogP contribution in [0.4, 0.5) is 4.79 Å². The number of carbonyl (C=O) groups excluding carboxylic acids is 1. The summed E-state index contributed by atoms with van der Waals surface area (Å²) in [5, 5.41) is 8.80. The Labute approximate surface area is 102 Å². The third-order valence-corrected chi connectivity index (χ3v) is 2.63. The number of hydrogen-bond acceptors (Lipinski definition) is 3. The maximum Gasteiger partial charge on any atom is 0.323 e. The van der Waals surface area contributed by atoms with Gasteiger partial charge in [-0.25, -0.2) is 4.79 Å². The van der Waals surface area contributed by atoms with Crippen molar-refractivity contribution in [3.05, 3.63) is 0 Å². The molecule has 0 fully saturated rings. The van der Waals surface area contributed by atoms with Gasteiger partial charge < -0.3 is 19.6 Å². The second kappa shape index (κ2) is 7.89. The molecule has 100 valence electrons. The highest BCUT2D eigenvalue weighted by molar-refractivity contribution is 5.80. The predicted molar refractivity (Wildman–Crippen MR) is 64.0 cm³/mol. The zero-order chi connectivity index (χ0) is 13.4. The summed E-state index contributed by atoms with van der Waals surface area (Å²) in [6.07, 6.45) is 0.719. The second-order valence-electron chi connectivity index (χ2n) is 3.98. The first-order valence-electron chi connectivity index (χ1n) is 5.66. The molecule has 0 saturated heterocycles. The van der Waals surface area contributed by atoms with E-state index >= 15 is 0 Å². The number of methoxy groups -OCH3 is 1. The number of urea groups is 1. The van der Waals surface area contributed by atoms with Gasteiger partial charge in [0.25, 0.3) is 0 Å². The van der Waals surface area contributed by atoms with E-state index in [4.69, 9.17) is 9.84 Å². The van der Waals surface area contributed by atoms with E-state index in [0.717, 1.165) is 6.42 Å². The number of carboxylic acids is 1. The van der Waals surface area contributed by atoms with E-state index in [0.29, 0.717) is 13.2 Å². The zero-order valence-corrected chi connectivity index (χ0v) is 11.0. The van der Waals surface area contributed by atoms with E-state index < -0.39 is 5.97 Å². The molecule has 1 atom stereocenters. The highest BCUT2D eigenvalue weighted by Crippen LogP contribution is 2.06. The Balaban J connectivity index is 4.56. The van der Waals surface area contributed by atoms with Gasteiger partial charge in [-0.15, -0.1) is 0 Å². The van der Waals surface area contributed by atoms with Crippen molar-refractivity contribution >= 4 is 12.0 Å². The number of rotatable bonds is 7. The number of nitrogens with zero attached hydrogens (tertiary/aromatic N) is 2. The lowest BCUT2D eigenvalue weighted by Crippen LogP contribution is -2.48. The van der Waals surface area contributed by atoms with Crippen LogP contribution in [0.1, 0.15) is 20.3 Å². The van der Waals surface area contributed by atoms with Gasteiger partial charge in [-0.3, -0.25) is 4.79 Å². The maximum atomic E-state index is 12.0. The van der Waals surface area contributed by atoms with Crippen LogP contribution in [0.15, 0.2) is 0 Å². The van der Waals surface area contributed by atoms with Crippen molar-refractivity contribution in [2.24, 2.45) is 0 Å². The third-order valence-electron chi connectivity index (χ3n) is 2.63. The molecule has 2 amide bonds. The second-order valence-corrected chi connectivity index (χ2v) is 3.98. The Hall–Kier alpha value is -1.30. The van der Waals surface area contributed by atoms with Crippen LogP contribution in [0, 0.1) is 0 Å². The summed E-state index contributed by atoms with van der Waals surface area (Å²) in [4.78, 5) is 25.6. The Morgan fingerprint density at radius 3 is 2.41 bits per heavy atom. The van der Waals surface area contributed by atoms with Crippen LogP contribution >= 0.6 is 0 Å². The Morgan fingerprint density at radius 2 is 2.00 bits per heavy atom. The summed E-state index contributed by atoms with van der Waals surface area (Å²) in [5.41, 5.74) is 0. The summed E-state index contributed by atoms with van der Waals surface area (Å²) in [5.74, 6) is -1.00. The van der Waals surface area contributed by atoms with Crippen LogP contribution in [0.2, 0.25) is 0 Å². The lowest BCUT2D eigenvalue weighted by molar-refractivity contribution is -0.138. The highest BCUT2D eigenvalue weighted by Gasteiger charge is 2.24. The number of hydrogen-bond donors (Lipinski definition) is 1. The van der Waals surface area contributed by atoms with Gasteiger partial charge in [0.05, 0.1) is 6.61 Å². The van der Waals surface area contributed by atoms with Crippen LogP contribution < -0.4 is 0 Å². The first-order valence-corrected chi connectivity index (χ1v) is 5.66. The molecule has 1 N–H and O–H groups in total. The summed E-state index contributed by atoms with van der Waals surface area (Å²) in [6.45, 7) is 4.36. The fraction of sp³-hybridized carbons (Fsp3) is 0.818. The van der Waals surface area contributed by atoms with Crippen molar-refractivity contribution in [3.8, 4) is 0 Å². The molecule has 0 radical (unpaired) electrons. The molecule has 0 aliphatic rings. The molecule has 0 rings (SSSR count). The van der Waals surface area contributed by atoms with Gasteiger partial charge in [0.1, 0.15) is 6.54 Å². The standard InChI is InChI=1S/C11H22N2O4/c1-5-9(2)13(8-10(14)15)11(16)12(3)6-7-17-4/h9H,5-8H2,1-4H3,(H,14,15). The number of carbonyl (C=O) groups is 2. The van der Waals surface area contributed by atoms with E-state index in [9.17, 15) is 9.59 Å². The molecule has 0 heterocycles. The predicted octanol–water partition coefficient (Wildman–Crippen LogP) is 0.870. The van der Waals surface area contributed by atoms with Gasteiger partial charge in [0, 0.05) is 26.7 Å². The summed E-state index contributed by atoms with van der Waals surface area (Å²) < 4.78 is 4.88. The van der Waals surface area contributed by atoms with E-state index in [-0.39, 0.29) is 18.6 Å². The number of ether oxygens (including phenoxy) is 1. The maximum absolute atomic E-state index is 12.0. The van der Waals surface area contributed by atoms with Crippen molar-refractivity contribution in [2.45, 2.75) is 26.3 Å². The third kappa shape index (κ3) is 5.53. The van der Waals surface area contributed by atoms with Crippen LogP contribution in [0.5, 0.6) is 0 Å². The van der Waals surface area contributed by atoms with Gasteiger partial charge >= 0.3 is 12.0 Å². The SMILES string of the molecule is CCC(C)N(CC(=O)O)C(=O)N(C)CCOC. The summed E-state index contributed by atoms with van der Waals surface area (Å²) in [6, 6.07) is -0.373. The van der Waals surface area contributed by atoms with E-state index in [1.54, 1.807) is 14.2 Å². The fourth-order valence-corrected chi connectivity index (χ4v) is 1.32. The Bertz CT molecular complexity index is 258. The van der Waals surface area contributed by atoms with Gasteiger partial charge in [-0.1, -0.05) is 6.92 Å². The molecular formula is C11H22N2O4. The van der Waals surface area contributed by atoms with Crippen LogP contribution in [-0.4, -0.2) is 66.8 Å². The van der Waals surface area contributed by atoms with E-state index in [1.807, 2.05) is 13.8 Å². The average molecular weight is 246 g/mol. The number of likely N-dealkylation sites (N-methyl/N-ethyl adjacent to an activating group) is 1. The smallest absolute Gasteiger partial charge is 0.323 e. The topological polar surface area (TPSA) is 70.1 Å². The molecule has 6 nitrogen and oxygen atoms in total. The van der Waals surface area contributed by atoms with Crippen molar-refractivity contribution in [2.75, 3.05) is 33.9 Å². The van der Waals surface area contributed by atoms with Crippen LogP contribution in [0.25, 0.3) is 0 Å². The minimum absolute atomic E-state index is 0.0939. The molecule has 1 unspecified atom stereocenters. The molecule has 17 heavy (non-hydrogen) atoms. The van der Waals surface area contributed by atoms with E-state index in [1.165, 1.54) is 9.80 Å². The number of aliphatic carboxylic acids is 1. The van der Waals surface area contributed by atoms with Crippen molar-refractivity contribution in [1.82, 2.24) is 9.80 Å². The highest BCUT2D eigenvalue weighted by atomic mass is 16.5. The minimum Gasteiger partial charge on any atom is -0.480 e. The van der Waals surface area contributed by atoms with Crippen molar-refractivity contribution in [3.63, 3.8) is 0 Å². The Kier molecular flexibility index (Phi) is 7.29. The fourth-order valence-electron chi connectivity index (χ4n) is 1.32. The van der Waals surface area contributed by atoms with Gasteiger partial charge in [-0.2, -0.15) is 0 Å². The molecule has 0 saturated carbocycles. The van der Waals surface area contributed by atoms with Gasteiger partial charge in [0.15, 0.2) is 0 Å². The van der Waals surface area contributed by atoms with Crippen molar-refractivity contribution < 1.29 is 19.4 Å². The number of amides is 2. The molecule has 0 aromatic rings. The molecular weight excluding hydrogens is 224 g/mol. The quantitative estimate of drug-likeness (QED) is 0.723. The largest absolute Gasteiger partial charge is 0.480 e. The van der Waals surface area contributed by atoms with Gasteiger partial charge in [-0.05, 0) is 13.3 Å². The summed E-state index contributed by atoms with van der Waals surface area (Å²) >= 11 is 0. The molecule has 0 bridgehead atoms. The average Bonchev–Trinajstić information content (AvgIpc) is 2.30. The monoisotopic (exact) mass is 246 g/mol. The molecule has 0 aliphatic carbocycles. The van der Waals surface area contributed by atoms with E-state index in [2.05, 4.69) is 0 Å². The lowest BCUT2D eigenvalue weighted by Gasteiger charge is -2.31. The van der Waals surface area contributed by atoms with Crippen LogP contribution in [-0.2, 0) is 9.53 Å².